The summed E-state index contributed by atoms with van der Waals surface area (Å²) in [6.45, 7) is 3.24. The first-order chi connectivity index (χ1) is 8.78. The number of nitrogens with zero attached hydrogens (tertiary/aromatic N) is 2. The molecule has 3 rings (SSSR count). The Bertz CT molecular complexity index is 426. The largest absolute Gasteiger partial charge is 0.316 e. The molecule has 2 aliphatic carbocycles. The average molecular weight is 245 g/mol. The normalized spacial score (nSPS) is 27.7. The zero-order valence-electron chi connectivity index (χ0n) is 11.4. The molecule has 0 saturated heterocycles. The van der Waals surface area contributed by atoms with E-state index in [0.29, 0.717) is 11.8 Å². The molecule has 98 valence electrons. The van der Waals surface area contributed by atoms with Gasteiger partial charge in [-0.2, -0.15) is 0 Å². The highest BCUT2D eigenvalue weighted by Gasteiger charge is 2.30. The summed E-state index contributed by atoms with van der Waals surface area (Å²) in [7, 11) is 1.99. The van der Waals surface area contributed by atoms with Crippen LogP contribution >= 0.6 is 0 Å². The van der Waals surface area contributed by atoms with Crippen molar-refractivity contribution in [1.29, 1.82) is 0 Å². The Morgan fingerprint density at radius 3 is 2.61 bits per heavy atom. The summed E-state index contributed by atoms with van der Waals surface area (Å²) in [5.41, 5.74) is 2.63. The highest BCUT2D eigenvalue weighted by molar-refractivity contribution is 5.26. The maximum Gasteiger partial charge on any atom is 0.131 e. The van der Waals surface area contributed by atoms with E-state index < -0.39 is 0 Å². The van der Waals surface area contributed by atoms with Gasteiger partial charge < -0.3 is 5.32 Å². The van der Waals surface area contributed by atoms with E-state index in [1.54, 1.807) is 0 Å². The van der Waals surface area contributed by atoms with Gasteiger partial charge in [0.2, 0.25) is 0 Å². The molecule has 0 bridgehead atoms. The Morgan fingerprint density at radius 1 is 1.22 bits per heavy atom. The molecular formula is C15H23N3. The number of hydrogen-bond donors (Lipinski definition) is 1. The second kappa shape index (κ2) is 4.96. The van der Waals surface area contributed by atoms with Crippen molar-refractivity contribution in [3.63, 3.8) is 0 Å². The maximum absolute atomic E-state index is 4.92. The van der Waals surface area contributed by atoms with Gasteiger partial charge in [-0.05, 0) is 45.1 Å². The van der Waals surface area contributed by atoms with Crippen molar-refractivity contribution in [3.8, 4) is 0 Å². The third-order valence-corrected chi connectivity index (χ3v) is 4.31. The Hall–Kier alpha value is -0.960. The summed E-state index contributed by atoms with van der Waals surface area (Å²) < 4.78 is 0. The van der Waals surface area contributed by atoms with Gasteiger partial charge in [-0.1, -0.05) is 6.92 Å². The molecular weight excluding hydrogens is 222 g/mol. The van der Waals surface area contributed by atoms with Crippen LogP contribution in [0.2, 0.25) is 0 Å². The van der Waals surface area contributed by atoms with Crippen molar-refractivity contribution in [2.45, 2.75) is 57.4 Å². The molecule has 0 amide bonds. The van der Waals surface area contributed by atoms with Crippen LogP contribution < -0.4 is 5.32 Å². The summed E-state index contributed by atoms with van der Waals surface area (Å²) in [4.78, 5) is 9.55. The minimum atomic E-state index is 0.612. The van der Waals surface area contributed by atoms with E-state index in [9.17, 15) is 0 Å². The van der Waals surface area contributed by atoms with E-state index in [2.05, 4.69) is 23.4 Å². The first-order valence-electron chi connectivity index (χ1n) is 7.28. The van der Waals surface area contributed by atoms with Crippen LogP contribution in [0.1, 0.15) is 67.9 Å². The van der Waals surface area contributed by atoms with E-state index in [1.807, 2.05) is 7.05 Å². The zero-order chi connectivity index (χ0) is 12.5. The van der Waals surface area contributed by atoms with E-state index in [1.165, 1.54) is 43.4 Å². The van der Waals surface area contributed by atoms with Crippen LogP contribution in [0.5, 0.6) is 0 Å². The first kappa shape index (κ1) is 12.1. The molecule has 18 heavy (non-hydrogen) atoms. The number of rotatable bonds is 4. The van der Waals surface area contributed by atoms with Crippen LogP contribution in [0.4, 0.5) is 0 Å². The predicted molar refractivity (Wildman–Crippen MR) is 72.5 cm³/mol. The molecule has 2 saturated carbocycles. The SMILES string of the molecule is CNCc1cnc(C2CCC(C)C2)nc1C1CC1. The molecule has 3 nitrogen and oxygen atoms in total. The van der Waals surface area contributed by atoms with Crippen LogP contribution in [0.15, 0.2) is 6.20 Å². The van der Waals surface area contributed by atoms with E-state index in [0.717, 1.165) is 18.3 Å². The minimum Gasteiger partial charge on any atom is -0.316 e. The van der Waals surface area contributed by atoms with Gasteiger partial charge in [-0.25, -0.2) is 9.97 Å². The standard InChI is InChI=1S/C15H23N3/c1-10-3-4-12(7-10)15-17-9-13(8-16-2)14(18-15)11-5-6-11/h9-12,16H,3-8H2,1-2H3. The summed E-state index contributed by atoms with van der Waals surface area (Å²) >= 11 is 0. The molecule has 1 heterocycles. The monoisotopic (exact) mass is 245 g/mol. The Morgan fingerprint density at radius 2 is 2.00 bits per heavy atom. The van der Waals surface area contributed by atoms with Crippen LogP contribution in [-0.2, 0) is 6.54 Å². The van der Waals surface area contributed by atoms with Crippen molar-refractivity contribution in [1.82, 2.24) is 15.3 Å². The van der Waals surface area contributed by atoms with Crippen molar-refractivity contribution in [2.75, 3.05) is 7.05 Å². The predicted octanol–water partition coefficient (Wildman–Crippen LogP) is 2.98. The molecule has 3 heteroatoms. The maximum atomic E-state index is 4.92. The van der Waals surface area contributed by atoms with Gasteiger partial charge in [0.05, 0.1) is 5.69 Å². The lowest BCUT2D eigenvalue weighted by Gasteiger charge is -2.13. The van der Waals surface area contributed by atoms with Gasteiger partial charge in [0, 0.05) is 30.1 Å². The molecule has 1 aromatic rings. The fourth-order valence-corrected chi connectivity index (χ4v) is 3.11. The van der Waals surface area contributed by atoms with Crippen molar-refractivity contribution in [3.05, 3.63) is 23.3 Å². The van der Waals surface area contributed by atoms with Crippen LogP contribution in [0, 0.1) is 5.92 Å². The van der Waals surface area contributed by atoms with Crippen LogP contribution in [-0.4, -0.2) is 17.0 Å². The van der Waals surface area contributed by atoms with E-state index in [4.69, 9.17) is 4.98 Å². The summed E-state index contributed by atoms with van der Waals surface area (Å²) in [6.07, 6.45) is 8.58. The summed E-state index contributed by atoms with van der Waals surface area (Å²) in [5.74, 6) is 3.29. The lowest BCUT2D eigenvalue weighted by Crippen LogP contribution is -2.12. The van der Waals surface area contributed by atoms with Gasteiger partial charge in [-0.15, -0.1) is 0 Å². The number of aromatic nitrogens is 2. The lowest BCUT2D eigenvalue weighted by molar-refractivity contribution is 0.582. The second-order valence-corrected chi connectivity index (χ2v) is 6.06. The molecule has 0 aromatic carbocycles. The third-order valence-electron chi connectivity index (χ3n) is 4.31. The van der Waals surface area contributed by atoms with Gasteiger partial charge in [0.1, 0.15) is 5.82 Å². The lowest BCUT2D eigenvalue weighted by atomic mass is 10.0. The molecule has 1 N–H and O–H groups in total. The fourth-order valence-electron chi connectivity index (χ4n) is 3.11. The number of nitrogens with one attached hydrogen (secondary N) is 1. The molecule has 1 aromatic heterocycles. The topological polar surface area (TPSA) is 37.8 Å². The quantitative estimate of drug-likeness (QED) is 0.886. The van der Waals surface area contributed by atoms with Crippen molar-refractivity contribution >= 4 is 0 Å². The molecule has 2 unspecified atom stereocenters. The fraction of sp³-hybridized carbons (Fsp3) is 0.733. The second-order valence-electron chi connectivity index (χ2n) is 6.06. The summed E-state index contributed by atoms with van der Waals surface area (Å²) in [5, 5.41) is 3.22. The summed E-state index contributed by atoms with van der Waals surface area (Å²) in [6, 6.07) is 0. The van der Waals surface area contributed by atoms with Crippen LogP contribution in [0.3, 0.4) is 0 Å². The zero-order valence-corrected chi connectivity index (χ0v) is 11.4. The minimum absolute atomic E-state index is 0.612. The van der Waals surface area contributed by atoms with Gasteiger partial charge in [0.25, 0.3) is 0 Å². The molecule has 0 aliphatic heterocycles. The van der Waals surface area contributed by atoms with E-state index >= 15 is 0 Å². The Kier molecular flexibility index (Phi) is 3.33. The average Bonchev–Trinajstić information content (AvgIpc) is 3.13. The number of hydrogen-bond acceptors (Lipinski definition) is 3. The van der Waals surface area contributed by atoms with Crippen LogP contribution in [0.25, 0.3) is 0 Å². The highest BCUT2D eigenvalue weighted by Crippen LogP contribution is 2.42. The van der Waals surface area contributed by atoms with Gasteiger partial charge in [0.15, 0.2) is 0 Å². The Balaban J connectivity index is 1.85. The van der Waals surface area contributed by atoms with Crippen molar-refractivity contribution in [2.24, 2.45) is 5.92 Å². The molecule has 2 atom stereocenters. The molecule has 0 spiro atoms. The third kappa shape index (κ3) is 2.41. The smallest absolute Gasteiger partial charge is 0.131 e. The molecule has 0 radical (unpaired) electrons. The van der Waals surface area contributed by atoms with Crippen molar-refractivity contribution < 1.29 is 0 Å². The Labute approximate surface area is 109 Å². The first-order valence-corrected chi connectivity index (χ1v) is 7.28. The molecule has 2 aliphatic rings. The van der Waals surface area contributed by atoms with E-state index in [-0.39, 0.29) is 0 Å². The van der Waals surface area contributed by atoms with Gasteiger partial charge in [-0.3, -0.25) is 0 Å². The molecule has 2 fully saturated rings. The van der Waals surface area contributed by atoms with Gasteiger partial charge >= 0.3 is 0 Å². The highest BCUT2D eigenvalue weighted by atomic mass is 14.9.